The Hall–Kier alpha value is -0.940. The molecule has 1 aromatic rings. The van der Waals surface area contributed by atoms with Gasteiger partial charge in [0.05, 0.1) is 5.69 Å². The summed E-state index contributed by atoms with van der Waals surface area (Å²) in [4.78, 5) is 17.0. The van der Waals surface area contributed by atoms with Crippen LogP contribution >= 0.6 is 11.3 Å². The van der Waals surface area contributed by atoms with Crippen molar-refractivity contribution in [2.24, 2.45) is 5.92 Å². The molecule has 1 aromatic heterocycles. The van der Waals surface area contributed by atoms with Crippen LogP contribution in [0.15, 0.2) is 5.38 Å². The highest BCUT2D eigenvalue weighted by Gasteiger charge is 2.30. The fourth-order valence-corrected chi connectivity index (χ4v) is 2.46. The van der Waals surface area contributed by atoms with Crippen molar-refractivity contribution in [1.29, 1.82) is 0 Å². The van der Waals surface area contributed by atoms with Gasteiger partial charge in [-0.2, -0.15) is 0 Å². The molecule has 0 aromatic carbocycles. The van der Waals surface area contributed by atoms with E-state index in [1.54, 1.807) is 0 Å². The van der Waals surface area contributed by atoms with Crippen molar-refractivity contribution in [3.05, 3.63) is 16.1 Å². The maximum Gasteiger partial charge on any atom is 0.365 e. The molecule has 1 atom stereocenters. The zero-order chi connectivity index (χ0) is 11.7. The summed E-state index contributed by atoms with van der Waals surface area (Å²) in [6.07, 6.45) is 2.64. The van der Waals surface area contributed by atoms with E-state index in [2.05, 4.69) is 23.9 Å². The van der Waals surface area contributed by atoms with Crippen molar-refractivity contribution in [3.8, 4) is 0 Å². The van der Waals surface area contributed by atoms with Crippen molar-refractivity contribution in [2.45, 2.75) is 32.4 Å². The summed E-state index contributed by atoms with van der Waals surface area (Å²) in [6, 6.07) is 0.565. The molecule has 1 unspecified atom stereocenters. The van der Waals surface area contributed by atoms with Gasteiger partial charge in [-0.1, -0.05) is 0 Å². The van der Waals surface area contributed by atoms with E-state index < -0.39 is 5.97 Å². The minimum absolute atomic E-state index is 0.183. The molecule has 16 heavy (non-hydrogen) atoms. The number of aromatic nitrogens is 1. The molecule has 4 nitrogen and oxygen atoms in total. The molecule has 0 saturated heterocycles. The Bertz CT molecular complexity index is 387. The third-order valence-electron chi connectivity index (χ3n) is 3.15. The highest BCUT2D eigenvalue weighted by Crippen LogP contribution is 2.35. The third kappa shape index (κ3) is 2.59. The van der Waals surface area contributed by atoms with Crippen LogP contribution in [0.5, 0.6) is 0 Å². The largest absolute Gasteiger partial charge is 0.476 e. The minimum atomic E-state index is -0.936. The second-order valence-corrected chi connectivity index (χ2v) is 5.30. The summed E-state index contributed by atoms with van der Waals surface area (Å²) in [7, 11) is 2.07. The first-order valence-corrected chi connectivity index (χ1v) is 6.34. The maximum atomic E-state index is 10.7. The number of nitrogens with zero attached hydrogens (tertiary/aromatic N) is 2. The van der Waals surface area contributed by atoms with Gasteiger partial charge in [0.25, 0.3) is 0 Å². The summed E-state index contributed by atoms with van der Waals surface area (Å²) in [6.45, 7) is 2.96. The van der Waals surface area contributed by atoms with E-state index in [0.29, 0.717) is 6.04 Å². The van der Waals surface area contributed by atoms with Crippen LogP contribution in [-0.4, -0.2) is 34.0 Å². The molecule has 0 amide bonds. The van der Waals surface area contributed by atoms with Gasteiger partial charge in [0.1, 0.15) is 0 Å². The summed E-state index contributed by atoms with van der Waals surface area (Å²) in [5, 5.41) is 10.8. The molecule has 1 N–H and O–H groups in total. The summed E-state index contributed by atoms with van der Waals surface area (Å²) < 4.78 is 0. The van der Waals surface area contributed by atoms with Gasteiger partial charge >= 0.3 is 5.97 Å². The molecule has 0 radical (unpaired) electrons. The lowest BCUT2D eigenvalue weighted by molar-refractivity contribution is 0.0696. The Morgan fingerprint density at radius 3 is 2.94 bits per heavy atom. The average Bonchev–Trinajstić information content (AvgIpc) is 2.97. The maximum absolute atomic E-state index is 10.7. The van der Waals surface area contributed by atoms with E-state index in [4.69, 9.17) is 5.11 Å². The highest BCUT2D eigenvalue weighted by atomic mass is 32.1. The number of thiazole rings is 1. The highest BCUT2D eigenvalue weighted by molar-refractivity contribution is 7.11. The Morgan fingerprint density at radius 2 is 2.44 bits per heavy atom. The lowest BCUT2D eigenvalue weighted by atomic mass is 10.2. The number of hydrogen-bond donors (Lipinski definition) is 1. The van der Waals surface area contributed by atoms with Gasteiger partial charge in [0.15, 0.2) is 0 Å². The Labute approximate surface area is 98.9 Å². The molecule has 5 heteroatoms. The summed E-state index contributed by atoms with van der Waals surface area (Å²) in [5.74, 6) is -0.114. The molecule has 2 rings (SSSR count). The van der Waals surface area contributed by atoms with Crippen molar-refractivity contribution in [1.82, 2.24) is 9.88 Å². The van der Waals surface area contributed by atoms with Crippen LogP contribution in [0.1, 0.15) is 35.3 Å². The molecule has 0 bridgehead atoms. The van der Waals surface area contributed by atoms with Gasteiger partial charge < -0.3 is 5.11 Å². The molecule has 0 spiro atoms. The van der Waals surface area contributed by atoms with Gasteiger partial charge in [0.2, 0.25) is 5.01 Å². The van der Waals surface area contributed by atoms with Gasteiger partial charge in [0, 0.05) is 18.0 Å². The van der Waals surface area contributed by atoms with Crippen molar-refractivity contribution < 1.29 is 9.90 Å². The first-order chi connectivity index (χ1) is 7.58. The normalized spacial score (nSPS) is 17.7. The monoisotopic (exact) mass is 240 g/mol. The third-order valence-corrected chi connectivity index (χ3v) is 4.02. The molecule has 1 fully saturated rings. The van der Waals surface area contributed by atoms with Crippen molar-refractivity contribution >= 4 is 17.3 Å². The van der Waals surface area contributed by atoms with Crippen LogP contribution in [-0.2, 0) is 6.54 Å². The Balaban J connectivity index is 1.94. The number of aromatic carboxylic acids is 1. The van der Waals surface area contributed by atoms with Crippen LogP contribution in [0.2, 0.25) is 0 Å². The molecule has 0 aliphatic heterocycles. The molecule has 1 heterocycles. The predicted molar refractivity (Wildman–Crippen MR) is 62.7 cm³/mol. The van der Waals surface area contributed by atoms with Gasteiger partial charge in [-0.25, -0.2) is 9.78 Å². The van der Waals surface area contributed by atoms with Crippen LogP contribution in [0, 0.1) is 5.92 Å². The smallest absolute Gasteiger partial charge is 0.365 e. The first-order valence-electron chi connectivity index (χ1n) is 5.46. The predicted octanol–water partition coefficient (Wildman–Crippen LogP) is 2.07. The van der Waals surface area contributed by atoms with E-state index in [1.165, 1.54) is 24.2 Å². The summed E-state index contributed by atoms with van der Waals surface area (Å²) in [5.41, 5.74) is 0.859. The molecular formula is C11H16N2O2S. The minimum Gasteiger partial charge on any atom is -0.476 e. The zero-order valence-electron chi connectivity index (χ0n) is 9.51. The standard InChI is InChI=1S/C11H16N2O2S/c1-7(8-3-4-8)13(2)5-9-6-16-10(12-9)11(14)15/h6-8H,3-5H2,1-2H3,(H,14,15). The molecule has 1 aliphatic rings. The molecule has 1 saturated carbocycles. The lowest BCUT2D eigenvalue weighted by Gasteiger charge is -2.23. The fourth-order valence-electron chi connectivity index (χ4n) is 1.82. The van der Waals surface area contributed by atoms with Crippen LogP contribution in [0.4, 0.5) is 0 Å². The number of hydrogen-bond acceptors (Lipinski definition) is 4. The average molecular weight is 240 g/mol. The van der Waals surface area contributed by atoms with E-state index in [1.807, 2.05) is 5.38 Å². The van der Waals surface area contributed by atoms with Crippen LogP contribution < -0.4 is 0 Å². The van der Waals surface area contributed by atoms with Gasteiger partial charge in [-0.15, -0.1) is 11.3 Å². The number of carboxylic acid groups (broad SMARTS) is 1. The first kappa shape index (κ1) is 11.5. The lowest BCUT2D eigenvalue weighted by Crippen LogP contribution is -2.30. The van der Waals surface area contributed by atoms with Gasteiger partial charge in [-0.05, 0) is 32.7 Å². The quantitative estimate of drug-likeness (QED) is 0.856. The van der Waals surface area contributed by atoms with E-state index in [-0.39, 0.29) is 5.01 Å². The second kappa shape index (κ2) is 4.51. The second-order valence-electron chi connectivity index (χ2n) is 4.44. The SMILES string of the molecule is CC(C1CC1)N(C)Cc1csc(C(=O)O)n1. The Morgan fingerprint density at radius 1 is 1.75 bits per heavy atom. The number of carboxylic acids is 1. The molecule has 1 aliphatic carbocycles. The fraction of sp³-hybridized carbons (Fsp3) is 0.636. The van der Waals surface area contributed by atoms with Crippen LogP contribution in [0.25, 0.3) is 0 Å². The molecule has 88 valence electrons. The molecular weight excluding hydrogens is 224 g/mol. The van der Waals surface area contributed by atoms with Crippen molar-refractivity contribution in [2.75, 3.05) is 7.05 Å². The van der Waals surface area contributed by atoms with Crippen molar-refractivity contribution in [3.63, 3.8) is 0 Å². The Kier molecular flexibility index (Phi) is 3.25. The summed E-state index contributed by atoms with van der Waals surface area (Å²) >= 11 is 1.20. The number of rotatable bonds is 5. The topological polar surface area (TPSA) is 53.4 Å². The van der Waals surface area contributed by atoms with E-state index in [9.17, 15) is 4.79 Å². The van der Waals surface area contributed by atoms with E-state index >= 15 is 0 Å². The number of carbonyl (C=O) groups is 1. The zero-order valence-corrected chi connectivity index (χ0v) is 10.3. The van der Waals surface area contributed by atoms with Crippen LogP contribution in [0.3, 0.4) is 0 Å². The van der Waals surface area contributed by atoms with E-state index in [0.717, 1.165) is 18.2 Å². The van der Waals surface area contributed by atoms with Gasteiger partial charge in [-0.3, -0.25) is 4.90 Å².